The van der Waals surface area contributed by atoms with Gasteiger partial charge in [0.2, 0.25) is 0 Å². The van der Waals surface area contributed by atoms with Crippen LogP contribution < -0.4 is 0 Å². The van der Waals surface area contributed by atoms with E-state index in [0.717, 1.165) is 4.90 Å². The first-order chi connectivity index (χ1) is 13.2. The third-order valence-corrected chi connectivity index (χ3v) is 10.3. The molecule has 2 amide bonds. The summed E-state index contributed by atoms with van der Waals surface area (Å²) in [5.41, 5.74) is -0.745. The monoisotopic (exact) mass is 431 g/mol. The van der Waals surface area contributed by atoms with Gasteiger partial charge in [-0.1, -0.05) is 20.8 Å². The van der Waals surface area contributed by atoms with Crippen LogP contribution in [0.3, 0.4) is 0 Å². The minimum Gasteiger partial charge on any atom is -0.443 e. The molecule has 3 heterocycles. The SMILES string of the molecule is CC(C)(C)OC(=O)N1C[C@]2(OC[C@H]3OCOC3[C@@H]2O[Si](C)(C)C(C)(C)C)OC1=O. The van der Waals surface area contributed by atoms with Crippen molar-refractivity contribution in [3.63, 3.8) is 0 Å². The lowest BCUT2D eigenvalue weighted by Gasteiger charge is -2.48. The zero-order valence-corrected chi connectivity index (χ0v) is 19.6. The normalized spacial score (nSPS) is 33.0. The largest absolute Gasteiger partial charge is 0.443 e. The Labute approximate surface area is 173 Å². The third-order valence-electron chi connectivity index (χ3n) is 5.83. The van der Waals surface area contributed by atoms with Gasteiger partial charge < -0.3 is 28.1 Å². The van der Waals surface area contributed by atoms with Gasteiger partial charge in [0.25, 0.3) is 5.79 Å². The Hall–Kier alpha value is -1.20. The first kappa shape index (κ1) is 22.5. The molecule has 3 aliphatic rings. The fraction of sp³-hybridized carbons (Fsp3) is 0.895. The van der Waals surface area contributed by atoms with Gasteiger partial charge in [0.05, 0.1) is 6.61 Å². The van der Waals surface area contributed by atoms with E-state index in [0.29, 0.717) is 0 Å². The Morgan fingerprint density at radius 1 is 1.17 bits per heavy atom. The fourth-order valence-electron chi connectivity index (χ4n) is 3.24. The third kappa shape index (κ3) is 4.31. The number of ether oxygens (including phenoxy) is 5. The molecular weight excluding hydrogens is 398 g/mol. The van der Waals surface area contributed by atoms with Crippen LogP contribution in [0.5, 0.6) is 0 Å². The molecule has 3 aliphatic heterocycles. The van der Waals surface area contributed by atoms with E-state index in [1.54, 1.807) is 20.8 Å². The summed E-state index contributed by atoms with van der Waals surface area (Å²) in [6.45, 7) is 15.9. The predicted molar refractivity (Wildman–Crippen MR) is 105 cm³/mol. The molecule has 3 rings (SSSR count). The van der Waals surface area contributed by atoms with Crippen molar-refractivity contribution in [3.8, 4) is 0 Å². The summed E-state index contributed by atoms with van der Waals surface area (Å²) in [6, 6.07) is 0. The zero-order chi connectivity index (χ0) is 21.8. The molecule has 29 heavy (non-hydrogen) atoms. The molecule has 4 atom stereocenters. The quantitative estimate of drug-likeness (QED) is 0.615. The van der Waals surface area contributed by atoms with Crippen molar-refractivity contribution in [2.24, 2.45) is 0 Å². The van der Waals surface area contributed by atoms with Gasteiger partial charge in [-0.25, -0.2) is 14.5 Å². The molecule has 3 saturated heterocycles. The molecule has 0 aromatic carbocycles. The lowest BCUT2D eigenvalue weighted by molar-refractivity contribution is -0.282. The van der Waals surface area contributed by atoms with E-state index < -0.39 is 44.1 Å². The van der Waals surface area contributed by atoms with E-state index in [2.05, 4.69) is 33.9 Å². The second-order valence-corrected chi connectivity index (χ2v) is 15.1. The van der Waals surface area contributed by atoms with Crippen LogP contribution >= 0.6 is 0 Å². The molecule has 0 aliphatic carbocycles. The van der Waals surface area contributed by atoms with Crippen molar-refractivity contribution >= 4 is 20.5 Å². The Kier molecular flexibility index (Phi) is 5.57. The van der Waals surface area contributed by atoms with Crippen LogP contribution in [0.25, 0.3) is 0 Å². The van der Waals surface area contributed by atoms with Crippen molar-refractivity contribution in [1.29, 1.82) is 0 Å². The Bertz CT molecular complexity index is 670. The Balaban J connectivity index is 1.89. The minimum atomic E-state index is -2.30. The van der Waals surface area contributed by atoms with Gasteiger partial charge in [-0.2, -0.15) is 0 Å². The smallest absolute Gasteiger partial charge is 0.422 e. The summed E-state index contributed by atoms with van der Waals surface area (Å²) in [5.74, 6) is -1.46. The molecule has 1 spiro atoms. The molecule has 0 N–H and O–H groups in total. The lowest BCUT2D eigenvalue weighted by Crippen LogP contribution is -2.66. The lowest BCUT2D eigenvalue weighted by atomic mass is 9.97. The maximum atomic E-state index is 12.6. The summed E-state index contributed by atoms with van der Waals surface area (Å²) in [6.07, 6.45) is -3.09. The average molecular weight is 432 g/mol. The number of nitrogens with zero attached hydrogens (tertiary/aromatic N) is 1. The van der Waals surface area contributed by atoms with Crippen molar-refractivity contribution in [1.82, 2.24) is 4.90 Å². The Morgan fingerprint density at radius 3 is 2.41 bits per heavy atom. The standard InChI is InChI=1S/C19H33NO8Si/c1-17(2,3)26-15(21)20-10-19(27-16(20)22)14(28-29(7,8)18(4,5)6)13-12(9-25-19)23-11-24-13/h12-14H,9-11H2,1-8H3/t12-,13?,14+,19+/m1/s1. The first-order valence-corrected chi connectivity index (χ1v) is 12.8. The van der Waals surface area contributed by atoms with E-state index in [-0.39, 0.29) is 31.1 Å². The summed E-state index contributed by atoms with van der Waals surface area (Å²) >= 11 is 0. The molecule has 0 aromatic rings. The van der Waals surface area contributed by atoms with Gasteiger partial charge >= 0.3 is 12.2 Å². The minimum absolute atomic E-state index is 0.0892. The van der Waals surface area contributed by atoms with Gasteiger partial charge in [0, 0.05) is 0 Å². The predicted octanol–water partition coefficient (Wildman–Crippen LogP) is 3.23. The van der Waals surface area contributed by atoms with Crippen LogP contribution in [0.4, 0.5) is 9.59 Å². The summed E-state index contributed by atoms with van der Waals surface area (Å²) in [7, 11) is -2.30. The number of carbonyl (C=O) groups excluding carboxylic acids is 2. The highest BCUT2D eigenvalue weighted by Crippen LogP contribution is 2.45. The molecule has 0 radical (unpaired) electrons. The van der Waals surface area contributed by atoms with Crippen LogP contribution in [-0.4, -0.2) is 75.0 Å². The number of fused-ring (bicyclic) bond motifs is 1. The average Bonchev–Trinajstić information content (AvgIpc) is 3.13. The van der Waals surface area contributed by atoms with Crippen molar-refractivity contribution in [2.75, 3.05) is 19.9 Å². The highest BCUT2D eigenvalue weighted by atomic mass is 28.4. The number of amides is 2. The second kappa shape index (κ2) is 7.19. The van der Waals surface area contributed by atoms with E-state index in [4.69, 9.17) is 28.1 Å². The van der Waals surface area contributed by atoms with Gasteiger partial charge in [0.15, 0.2) is 8.32 Å². The molecule has 3 fully saturated rings. The Morgan fingerprint density at radius 2 is 1.83 bits per heavy atom. The van der Waals surface area contributed by atoms with E-state index in [1.807, 2.05) is 0 Å². The highest BCUT2D eigenvalue weighted by Gasteiger charge is 2.64. The molecule has 0 bridgehead atoms. The maximum absolute atomic E-state index is 12.6. The van der Waals surface area contributed by atoms with Crippen molar-refractivity contribution < 1.29 is 37.7 Å². The van der Waals surface area contributed by atoms with Crippen molar-refractivity contribution in [2.45, 2.75) is 89.4 Å². The maximum Gasteiger partial charge on any atom is 0.422 e. The van der Waals surface area contributed by atoms with E-state index in [9.17, 15) is 9.59 Å². The van der Waals surface area contributed by atoms with Gasteiger partial charge in [-0.3, -0.25) is 0 Å². The molecule has 9 nitrogen and oxygen atoms in total. The van der Waals surface area contributed by atoms with Crippen LogP contribution in [0.1, 0.15) is 41.5 Å². The van der Waals surface area contributed by atoms with Gasteiger partial charge in [-0.15, -0.1) is 0 Å². The summed E-state index contributed by atoms with van der Waals surface area (Å²) in [5, 5.41) is -0.0892. The zero-order valence-electron chi connectivity index (χ0n) is 18.6. The van der Waals surface area contributed by atoms with Gasteiger partial charge in [-0.05, 0) is 38.9 Å². The second-order valence-electron chi connectivity index (χ2n) is 10.3. The number of rotatable bonds is 2. The molecular formula is C19H33NO8Si. The van der Waals surface area contributed by atoms with Crippen LogP contribution in [-0.2, 0) is 28.1 Å². The molecule has 166 valence electrons. The number of carbonyl (C=O) groups is 2. The number of hydrogen-bond donors (Lipinski definition) is 0. The topological polar surface area (TPSA) is 92.8 Å². The molecule has 0 saturated carbocycles. The van der Waals surface area contributed by atoms with Crippen LogP contribution in [0, 0.1) is 0 Å². The fourth-order valence-corrected chi connectivity index (χ4v) is 4.54. The molecule has 0 aromatic heterocycles. The summed E-state index contributed by atoms with van der Waals surface area (Å²) < 4.78 is 35.0. The molecule has 1 unspecified atom stereocenters. The number of imide groups is 1. The summed E-state index contributed by atoms with van der Waals surface area (Å²) in [4.78, 5) is 26.0. The molecule has 10 heteroatoms. The highest BCUT2D eigenvalue weighted by molar-refractivity contribution is 6.74. The van der Waals surface area contributed by atoms with Crippen LogP contribution in [0.2, 0.25) is 18.1 Å². The van der Waals surface area contributed by atoms with E-state index in [1.165, 1.54) is 0 Å². The first-order valence-electron chi connectivity index (χ1n) is 9.94. The number of hydrogen-bond acceptors (Lipinski definition) is 8. The van der Waals surface area contributed by atoms with E-state index >= 15 is 0 Å². The van der Waals surface area contributed by atoms with Crippen molar-refractivity contribution in [3.05, 3.63) is 0 Å². The van der Waals surface area contributed by atoms with Crippen LogP contribution in [0.15, 0.2) is 0 Å². The van der Waals surface area contributed by atoms with Gasteiger partial charge in [0.1, 0.15) is 37.3 Å².